The Kier molecular flexibility index (Phi) is 4.20. The maximum Gasteiger partial charge on any atom is 0.257 e. The summed E-state index contributed by atoms with van der Waals surface area (Å²) >= 11 is 0. The highest BCUT2D eigenvalue weighted by atomic mass is 16.3. The van der Waals surface area contributed by atoms with Crippen LogP contribution in [0.5, 0.6) is 5.75 Å². The van der Waals surface area contributed by atoms with Crippen LogP contribution in [-0.2, 0) is 4.79 Å². The molecule has 0 atom stereocenters. The van der Waals surface area contributed by atoms with Gasteiger partial charge in [-0.05, 0) is 25.0 Å². The van der Waals surface area contributed by atoms with Crippen molar-refractivity contribution < 1.29 is 14.7 Å². The van der Waals surface area contributed by atoms with Crippen LogP contribution in [0, 0.1) is 5.92 Å². The van der Waals surface area contributed by atoms with E-state index in [1.165, 1.54) is 6.07 Å². The molecule has 0 aromatic heterocycles. The zero-order chi connectivity index (χ0) is 13.8. The van der Waals surface area contributed by atoms with E-state index >= 15 is 0 Å². The summed E-state index contributed by atoms with van der Waals surface area (Å²) in [6.45, 7) is 3.05. The average Bonchev–Trinajstić information content (AvgIpc) is 2.46. The molecule has 1 aliphatic heterocycles. The van der Waals surface area contributed by atoms with Crippen LogP contribution in [0.15, 0.2) is 24.3 Å². The molecule has 0 unspecified atom stereocenters. The highest BCUT2D eigenvalue weighted by Gasteiger charge is 2.27. The Morgan fingerprint density at radius 1 is 1.26 bits per heavy atom. The second kappa shape index (κ2) is 5.87. The monoisotopic (exact) mass is 261 g/mol. The first-order chi connectivity index (χ1) is 9.13. The summed E-state index contributed by atoms with van der Waals surface area (Å²) in [5, 5.41) is 9.69. The molecule has 2 rings (SSSR count). The SMILES string of the molecule is CCC(=O)C1CCN(C(=O)c2ccccc2O)CC1. The number of hydrogen-bond acceptors (Lipinski definition) is 3. The number of para-hydroxylation sites is 1. The first-order valence-corrected chi connectivity index (χ1v) is 6.73. The molecule has 0 radical (unpaired) electrons. The van der Waals surface area contributed by atoms with Crippen LogP contribution in [0.4, 0.5) is 0 Å². The predicted molar refractivity (Wildman–Crippen MR) is 72.0 cm³/mol. The van der Waals surface area contributed by atoms with Gasteiger partial charge in [-0.2, -0.15) is 0 Å². The number of aromatic hydroxyl groups is 1. The van der Waals surface area contributed by atoms with Gasteiger partial charge in [0, 0.05) is 25.4 Å². The number of phenolic OH excluding ortho intramolecular Hbond substituents is 1. The van der Waals surface area contributed by atoms with Gasteiger partial charge in [-0.1, -0.05) is 19.1 Å². The van der Waals surface area contributed by atoms with Gasteiger partial charge >= 0.3 is 0 Å². The van der Waals surface area contributed by atoms with E-state index in [-0.39, 0.29) is 23.4 Å². The number of carbonyl (C=O) groups excluding carboxylic acids is 2. The van der Waals surface area contributed by atoms with E-state index < -0.39 is 0 Å². The molecule has 1 aliphatic rings. The van der Waals surface area contributed by atoms with Crippen molar-refractivity contribution in [2.75, 3.05) is 13.1 Å². The fraction of sp³-hybridized carbons (Fsp3) is 0.467. The Labute approximate surface area is 113 Å². The molecular weight excluding hydrogens is 242 g/mol. The molecule has 19 heavy (non-hydrogen) atoms. The van der Waals surface area contributed by atoms with Crippen molar-refractivity contribution >= 4 is 11.7 Å². The fourth-order valence-corrected chi connectivity index (χ4v) is 2.52. The molecule has 0 saturated carbocycles. The maximum atomic E-state index is 12.2. The van der Waals surface area contributed by atoms with Gasteiger partial charge in [0.05, 0.1) is 5.56 Å². The number of amides is 1. The van der Waals surface area contributed by atoms with E-state index in [2.05, 4.69) is 0 Å². The van der Waals surface area contributed by atoms with E-state index in [0.717, 1.165) is 12.8 Å². The van der Waals surface area contributed by atoms with E-state index in [1.54, 1.807) is 23.1 Å². The minimum absolute atomic E-state index is 0.0132. The van der Waals surface area contributed by atoms with E-state index in [9.17, 15) is 14.7 Å². The number of benzene rings is 1. The Balaban J connectivity index is 2.00. The molecular formula is C15H19NO3. The molecule has 1 N–H and O–H groups in total. The molecule has 0 aliphatic carbocycles. The second-order valence-corrected chi connectivity index (χ2v) is 4.90. The van der Waals surface area contributed by atoms with Crippen molar-refractivity contribution in [2.24, 2.45) is 5.92 Å². The van der Waals surface area contributed by atoms with Crippen LogP contribution in [-0.4, -0.2) is 34.8 Å². The number of likely N-dealkylation sites (tertiary alicyclic amines) is 1. The Morgan fingerprint density at radius 3 is 2.47 bits per heavy atom. The predicted octanol–water partition coefficient (Wildman–Crippen LogP) is 2.22. The van der Waals surface area contributed by atoms with Gasteiger partial charge in [-0.25, -0.2) is 0 Å². The van der Waals surface area contributed by atoms with Gasteiger partial charge in [0.15, 0.2) is 0 Å². The molecule has 1 amide bonds. The summed E-state index contributed by atoms with van der Waals surface area (Å²) in [5.41, 5.74) is 0.336. The Bertz CT molecular complexity index is 476. The summed E-state index contributed by atoms with van der Waals surface area (Å²) in [6, 6.07) is 6.57. The lowest BCUT2D eigenvalue weighted by Crippen LogP contribution is -2.40. The molecule has 1 saturated heterocycles. The van der Waals surface area contributed by atoms with Gasteiger partial charge in [0.2, 0.25) is 0 Å². The number of phenols is 1. The minimum atomic E-state index is -0.152. The highest BCUT2D eigenvalue weighted by molar-refractivity contribution is 5.97. The first kappa shape index (κ1) is 13.6. The molecule has 0 bridgehead atoms. The summed E-state index contributed by atoms with van der Waals surface area (Å²) < 4.78 is 0. The quantitative estimate of drug-likeness (QED) is 0.907. The van der Waals surface area contributed by atoms with Crippen LogP contribution in [0.1, 0.15) is 36.5 Å². The third-order valence-corrected chi connectivity index (χ3v) is 3.72. The Morgan fingerprint density at radius 2 is 1.89 bits per heavy atom. The van der Waals surface area contributed by atoms with Crippen LogP contribution < -0.4 is 0 Å². The maximum absolute atomic E-state index is 12.2. The molecule has 1 fully saturated rings. The zero-order valence-corrected chi connectivity index (χ0v) is 11.1. The number of rotatable bonds is 3. The molecule has 1 aromatic carbocycles. The fourth-order valence-electron chi connectivity index (χ4n) is 2.52. The topological polar surface area (TPSA) is 57.6 Å². The first-order valence-electron chi connectivity index (χ1n) is 6.73. The number of nitrogens with zero attached hydrogens (tertiary/aromatic N) is 1. The van der Waals surface area contributed by atoms with Crippen molar-refractivity contribution in [3.05, 3.63) is 29.8 Å². The van der Waals surface area contributed by atoms with Crippen molar-refractivity contribution in [1.82, 2.24) is 4.90 Å². The lowest BCUT2D eigenvalue weighted by atomic mass is 9.91. The van der Waals surface area contributed by atoms with E-state index in [0.29, 0.717) is 25.1 Å². The van der Waals surface area contributed by atoms with Crippen LogP contribution >= 0.6 is 0 Å². The molecule has 1 heterocycles. The second-order valence-electron chi connectivity index (χ2n) is 4.90. The summed E-state index contributed by atoms with van der Waals surface area (Å²) in [7, 11) is 0. The van der Waals surface area contributed by atoms with Crippen molar-refractivity contribution in [1.29, 1.82) is 0 Å². The van der Waals surface area contributed by atoms with E-state index in [1.807, 2.05) is 6.92 Å². The third kappa shape index (κ3) is 2.95. The summed E-state index contributed by atoms with van der Waals surface area (Å²) in [6.07, 6.45) is 2.02. The summed E-state index contributed by atoms with van der Waals surface area (Å²) in [5.74, 6) is 0.243. The molecule has 4 nitrogen and oxygen atoms in total. The largest absolute Gasteiger partial charge is 0.507 e. The number of hydrogen-bond donors (Lipinski definition) is 1. The van der Waals surface area contributed by atoms with Gasteiger partial charge in [0.25, 0.3) is 5.91 Å². The smallest absolute Gasteiger partial charge is 0.257 e. The Hall–Kier alpha value is -1.84. The highest BCUT2D eigenvalue weighted by Crippen LogP contribution is 2.23. The zero-order valence-electron chi connectivity index (χ0n) is 11.1. The lowest BCUT2D eigenvalue weighted by Gasteiger charge is -2.31. The number of piperidine rings is 1. The van der Waals surface area contributed by atoms with E-state index in [4.69, 9.17) is 0 Å². The van der Waals surface area contributed by atoms with Crippen LogP contribution in [0.2, 0.25) is 0 Å². The summed E-state index contributed by atoms with van der Waals surface area (Å²) in [4.78, 5) is 25.6. The van der Waals surface area contributed by atoms with Crippen molar-refractivity contribution in [3.8, 4) is 5.75 Å². The number of carbonyl (C=O) groups is 2. The van der Waals surface area contributed by atoms with Crippen molar-refractivity contribution in [3.63, 3.8) is 0 Å². The molecule has 4 heteroatoms. The number of ketones is 1. The molecule has 102 valence electrons. The van der Waals surface area contributed by atoms with Crippen molar-refractivity contribution in [2.45, 2.75) is 26.2 Å². The van der Waals surface area contributed by atoms with Crippen LogP contribution in [0.3, 0.4) is 0 Å². The van der Waals surface area contributed by atoms with Gasteiger partial charge in [-0.15, -0.1) is 0 Å². The van der Waals surface area contributed by atoms with Gasteiger partial charge < -0.3 is 10.0 Å². The normalized spacial score (nSPS) is 16.4. The average molecular weight is 261 g/mol. The number of Topliss-reactive ketones (excluding diaryl/α,β-unsaturated/α-hetero) is 1. The van der Waals surface area contributed by atoms with Gasteiger partial charge in [0.1, 0.15) is 11.5 Å². The minimum Gasteiger partial charge on any atom is -0.507 e. The molecule has 0 spiro atoms. The van der Waals surface area contributed by atoms with Gasteiger partial charge in [-0.3, -0.25) is 9.59 Å². The lowest BCUT2D eigenvalue weighted by molar-refractivity contribution is -0.123. The third-order valence-electron chi connectivity index (χ3n) is 3.72. The molecule has 1 aromatic rings. The van der Waals surface area contributed by atoms with Crippen LogP contribution in [0.25, 0.3) is 0 Å². The standard InChI is InChI=1S/C15H19NO3/c1-2-13(17)11-7-9-16(10-8-11)15(19)12-5-3-4-6-14(12)18/h3-6,11,18H,2,7-10H2,1H3.